The number of ether oxygens (including phenoxy) is 1. The number of nitrogens with zero attached hydrogens (tertiary/aromatic N) is 1. The molecule has 0 spiro atoms. The first-order valence-electron chi connectivity index (χ1n) is 10.9. The Hall–Kier alpha value is -3.82. The molecule has 5 nitrogen and oxygen atoms in total. The second kappa shape index (κ2) is 10.4. The van der Waals surface area contributed by atoms with Gasteiger partial charge in [-0.1, -0.05) is 37.8 Å². The molecule has 0 fully saturated rings. The fourth-order valence-corrected chi connectivity index (χ4v) is 4.59. The number of halogens is 3. The van der Waals surface area contributed by atoms with Crippen LogP contribution in [0.25, 0.3) is 22.0 Å². The zero-order chi connectivity index (χ0) is 25.9. The summed E-state index contributed by atoms with van der Waals surface area (Å²) in [5.41, 5.74) is -0.415. The van der Waals surface area contributed by atoms with E-state index in [1.807, 2.05) is 31.2 Å². The maximum Gasteiger partial charge on any atom is 0.578 e. The average Bonchev–Trinajstić information content (AvgIpc) is 3.35. The van der Waals surface area contributed by atoms with Crippen LogP contribution in [0, 0.1) is 0 Å². The lowest BCUT2D eigenvalue weighted by Crippen LogP contribution is -2.23. The molecule has 0 radical (unpaired) electrons. The van der Waals surface area contributed by atoms with Gasteiger partial charge < -0.3 is 9.29 Å². The van der Waals surface area contributed by atoms with Gasteiger partial charge >= 0.3 is 11.5 Å². The lowest BCUT2D eigenvalue weighted by Gasteiger charge is -2.19. The Labute approximate surface area is 208 Å². The lowest BCUT2D eigenvalue weighted by atomic mass is 9.87. The molecule has 1 N–H and O–H groups in total. The van der Waals surface area contributed by atoms with Crippen molar-refractivity contribution in [1.82, 2.24) is 10.2 Å². The summed E-state index contributed by atoms with van der Waals surface area (Å²) >= 11 is -3.12. The zero-order valence-electron chi connectivity index (χ0n) is 19.1. The van der Waals surface area contributed by atoms with Crippen LogP contribution in [0.1, 0.15) is 30.0 Å². The van der Waals surface area contributed by atoms with E-state index in [1.165, 1.54) is 24.3 Å². The second-order valence-electron chi connectivity index (χ2n) is 7.74. The van der Waals surface area contributed by atoms with Gasteiger partial charge in [-0.3, -0.25) is 5.10 Å². The van der Waals surface area contributed by atoms with Crippen molar-refractivity contribution < 1.29 is 27.3 Å². The molecule has 0 amide bonds. The molecule has 1 heterocycles. The number of allylic oxidation sites excluding steroid dienone is 1. The smallest absolute Gasteiger partial charge is 0.578 e. The first-order chi connectivity index (χ1) is 17.2. The molecule has 0 aliphatic rings. The van der Waals surface area contributed by atoms with Crippen LogP contribution in [0.3, 0.4) is 0 Å². The molecule has 0 saturated carbocycles. The number of para-hydroxylation sites is 1. The normalized spacial score (nSPS) is 13.2. The van der Waals surface area contributed by atoms with Crippen molar-refractivity contribution in [3.8, 4) is 5.75 Å². The van der Waals surface area contributed by atoms with Crippen LogP contribution in [0.2, 0.25) is 0 Å². The fraction of sp³-hybridized carbons (Fsp3) is 0.111. The number of rotatable bonds is 7. The maximum absolute atomic E-state index is 12.9. The highest BCUT2D eigenvalue weighted by molar-refractivity contribution is 7.92. The highest BCUT2D eigenvalue weighted by Gasteiger charge is 2.46. The minimum atomic E-state index is -4.84. The monoisotopic (exact) mass is 510 g/mol. The number of nitrogens with one attached hydrogen (secondary N) is 1. The Morgan fingerprint density at radius 2 is 1.81 bits per heavy atom. The Bertz CT molecular complexity index is 1440. The van der Waals surface area contributed by atoms with E-state index in [0.29, 0.717) is 23.3 Å². The number of aromatic nitrogens is 2. The second-order valence-corrected chi connectivity index (χ2v) is 9.21. The molecule has 4 aromatic rings. The third kappa shape index (κ3) is 5.22. The van der Waals surface area contributed by atoms with Crippen molar-refractivity contribution in [2.75, 3.05) is 0 Å². The number of hydrogen-bond donors (Lipinski definition) is 1. The third-order valence-corrected chi connectivity index (χ3v) is 6.67. The van der Waals surface area contributed by atoms with E-state index in [4.69, 9.17) is 4.74 Å². The molecule has 4 rings (SSSR count). The standard InChI is InChI=1S/C27H21F3N2O3S/c1-3-21(17-9-12-20(13-10-17)36(34)27(28,29)30)26(18-11-14-23-19(15-18)16-31-32-23)22-7-5-6-8-24(22)35-25(33)4-2/h4-16H,2-3H2,1H3,(H,31,32)/b26-21+. The number of esters is 1. The van der Waals surface area contributed by atoms with Gasteiger partial charge in [-0.25, -0.2) is 4.79 Å². The van der Waals surface area contributed by atoms with E-state index in [1.54, 1.807) is 24.4 Å². The van der Waals surface area contributed by atoms with Gasteiger partial charge in [0.1, 0.15) is 5.75 Å². The fourth-order valence-electron chi connectivity index (χ4n) is 3.94. The van der Waals surface area contributed by atoms with Crippen LogP contribution >= 0.6 is 0 Å². The molecule has 0 saturated heterocycles. The van der Waals surface area contributed by atoms with Crippen molar-refractivity contribution in [3.63, 3.8) is 0 Å². The molecule has 3 aromatic carbocycles. The Kier molecular flexibility index (Phi) is 7.32. The lowest BCUT2D eigenvalue weighted by molar-refractivity contribution is -0.128. The summed E-state index contributed by atoms with van der Waals surface area (Å²) in [7, 11) is 0. The topological polar surface area (TPSA) is 78.0 Å². The van der Waals surface area contributed by atoms with Crippen molar-refractivity contribution in [2.45, 2.75) is 23.7 Å². The molecule has 9 heteroatoms. The number of carbonyl (C=O) groups excluding carboxylic acids is 1. The first kappa shape index (κ1) is 25.3. The zero-order valence-corrected chi connectivity index (χ0v) is 20.0. The Morgan fingerprint density at radius 1 is 1.11 bits per heavy atom. The van der Waals surface area contributed by atoms with E-state index in [9.17, 15) is 22.5 Å². The number of fused-ring (bicyclic) bond motifs is 1. The number of benzene rings is 3. The molecule has 0 bridgehead atoms. The van der Waals surface area contributed by atoms with Crippen molar-refractivity contribution in [3.05, 3.63) is 102 Å². The van der Waals surface area contributed by atoms with Gasteiger partial charge in [0.05, 0.1) is 22.9 Å². The molecule has 0 aliphatic carbocycles. The molecule has 1 atom stereocenters. The highest BCUT2D eigenvalue weighted by Crippen LogP contribution is 2.40. The molecule has 1 aromatic heterocycles. The first-order valence-corrected chi connectivity index (χ1v) is 12.1. The van der Waals surface area contributed by atoms with E-state index in [-0.39, 0.29) is 4.90 Å². The van der Waals surface area contributed by atoms with E-state index < -0.39 is 22.7 Å². The predicted molar refractivity (Wildman–Crippen MR) is 133 cm³/mol. The van der Waals surface area contributed by atoms with Crippen molar-refractivity contribution in [2.24, 2.45) is 0 Å². The average molecular weight is 511 g/mol. The molecule has 0 aliphatic heterocycles. The summed E-state index contributed by atoms with van der Waals surface area (Å²) in [6, 6.07) is 18.2. The number of H-pyrrole nitrogens is 1. The van der Waals surface area contributed by atoms with Gasteiger partial charge in [-0.15, -0.1) is 13.2 Å². The summed E-state index contributed by atoms with van der Waals surface area (Å²) in [4.78, 5) is 11.7. The SMILES string of the molecule is C=CC(=O)Oc1ccccc1/C(=C(\CC)c1ccc([S+]([O-])C(F)(F)F)cc1)c1ccc2[nH]ncc2c1. The summed E-state index contributed by atoms with van der Waals surface area (Å²) in [6.45, 7) is 5.38. The van der Waals surface area contributed by atoms with Gasteiger partial charge in [0.2, 0.25) is 0 Å². The molecular weight excluding hydrogens is 489 g/mol. The van der Waals surface area contributed by atoms with Gasteiger partial charge in [-0.05, 0) is 71.2 Å². The van der Waals surface area contributed by atoms with Crippen LogP contribution < -0.4 is 4.74 Å². The van der Waals surface area contributed by atoms with Gasteiger partial charge in [0.15, 0.2) is 4.90 Å². The highest BCUT2D eigenvalue weighted by atomic mass is 32.2. The predicted octanol–water partition coefficient (Wildman–Crippen LogP) is 6.65. The van der Waals surface area contributed by atoms with Crippen LogP contribution in [0.5, 0.6) is 5.75 Å². The van der Waals surface area contributed by atoms with Crippen molar-refractivity contribution >= 4 is 39.2 Å². The number of hydrogen-bond acceptors (Lipinski definition) is 4. The van der Waals surface area contributed by atoms with Crippen LogP contribution in [-0.4, -0.2) is 26.2 Å². The Balaban J connectivity index is 1.94. The Morgan fingerprint density at radius 3 is 2.47 bits per heavy atom. The molecular formula is C27H21F3N2O3S. The third-order valence-electron chi connectivity index (χ3n) is 5.54. The van der Waals surface area contributed by atoms with Gasteiger partial charge in [-0.2, -0.15) is 5.10 Å². The summed E-state index contributed by atoms with van der Waals surface area (Å²) in [6.07, 6.45) is 3.26. The largest absolute Gasteiger partial charge is 0.604 e. The number of aromatic amines is 1. The maximum atomic E-state index is 12.9. The van der Waals surface area contributed by atoms with E-state index >= 15 is 0 Å². The van der Waals surface area contributed by atoms with Gasteiger partial charge in [0.25, 0.3) is 0 Å². The van der Waals surface area contributed by atoms with Crippen molar-refractivity contribution in [1.29, 1.82) is 0 Å². The summed E-state index contributed by atoms with van der Waals surface area (Å²) in [5.74, 6) is -0.311. The minimum absolute atomic E-state index is 0.311. The quantitative estimate of drug-likeness (QED) is 0.0993. The number of carbonyl (C=O) groups is 1. The minimum Gasteiger partial charge on any atom is -0.604 e. The van der Waals surface area contributed by atoms with E-state index in [0.717, 1.165) is 33.7 Å². The number of alkyl halides is 3. The molecule has 36 heavy (non-hydrogen) atoms. The van der Waals surface area contributed by atoms with Gasteiger partial charge in [0, 0.05) is 17.0 Å². The molecule has 1 unspecified atom stereocenters. The molecule has 184 valence electrons. The van der Waals surface area contributed by atoms with Crippen LogP contribution in [0.15, 0.2) is 90.5 Å². The van der Waals surface area contributed by atoms with Crippen LogP contribution in [0.4, 0.5) is 13.2 Å². The summed E-state index contributed by atoms with van der Waals surface area (Å²) in [5, 5.41) is 7.83. The summed E-state index contributed by atoms with van der Waals surface area (Å²) < 4.78 is 56.1. The van der Waals surface area contributed by atoms with Crippen LogP contribution in [-0.2, 0) is 16.0 Å². The van der Waals surface area contributed by atoms with E-state index in [2.05, 4.69) is 16.8 Å².